The smallest absolute Gasteiger partial charge is 0.264 e. The molecule has 3 N–H and O–H groups in total. The first kappa shape index (κ1) is 25.1. The number of rotatable bonds is 8. The molecule has 3 rings (SSSR count). The lowest BCUT2D eigenvalue weighted by molar-refractivity contribution is -0.00878. The molecular formula is C21H22FN3O5S3. The number of hydrogen-bond donors (Lipinski definition) is 2. The van der Waals surface area contributed by atoms with Crippen molar-refractivity contribution in [3.05, 3.63) is 48.3 Å². The van der Waals surface area contributed by atoms with E-state index in [1.165, 1.54) is 43.5 Å². The van der Waals surface area contributed by atoms with Crippen LogP contribution in [-0.2, 0) is 10.0 Å². The van der Waals surface area contributed by atoms with E-state index < -0.39 is 15.8 Å². The number of thioether (sulfide) groups is 1. The molecule has 0 amide bonds. The van der Waals surface area contributed by atoms with Crippen LogP contribution in [0.1, 0.15) is 19.8 Å². The molecule has 0 spiro atoms. The molecule has 0 saturated carbocycles. The fourth-order valence-corrected chi connectivity index (χ4v) is 4.30. The van der Waals surface area contributed by atoms with Gasteiger partial charge in [0.15, 0.2) is 21.6 Å². The second kappa shape index (κ2) is 10.6. The summed E-state index contributed by atoms with van der Waals surface area (Å²) in [6.45, 7) is 2.35. The van der Waals surface area contributed by atoms with Gasteiger partial charge in [0.2, 0.25) is 10.0 Å². The molecule has 0 radical (unpaired) electrons. The van der Waals surface area contributed by atoms with Crippen molar-refractivity contribution in [2.75, 3.05) is 13.7 Å². The predicted molar refractivity (Wildman–Crippen MR) is 127 cm³/mol. The Bertz CT molecular complexity index is 1250. The molecule has 0 aliphatic carbocycles. The minimum Gasteiger partial charge on any atom is -0.494 e. The summed E-state index contributed by atoms with van der Waals surface area (Å²) in [7, 11) is -2.51. The molecule has 0 saturated heterocycles. The van der Waals surface area contributed by atoms with E-state index in [1.54, 1.807) is 6.07 Å². The quantitative estimate of drug-likeness (QED) is 0.252. The van der Waals surface area contributed by atoms with Gasteiger partial charge in [-0.05, 0) is 61.1 Å². The van der Waals surface area contributed by atoms with Crippen LogP contribution >= 0.6 is 24.0 Å². The van der Waals surface area contributed by atoms with Crippen molar-refractivity contribution in [3.63, 3.8) is 0 Å². The van der Waals surface area contributed by atoms with Gasteiger partial charge in [-0.25, -0.2) is 28.0 Å². The van der Waals surface area contributed by atoms with Gasteiger partial charge in [-0.2, -0.15) is 0 Å². The third-order valence-electron chi connectivity index (χ3n) is 4.59. The molecule has 0 bridgehead atoms. The van der Waals surface area contributed by atoms with Crippen molar-refractivity contribution in [2.24, 2.45) is 5.14 Å². The largest absolute Gasteiger partial charge is 0.494 e. The molecular weight excluding hydrogens is 489 g/mol. The van der Waals surface area contributed by atoms with Crippen molar-refractivity contribution in [3.8, 4) is 28.3 Å². The lowest BCUT2D eigenvalue weighted by Crippen LogP contribution is -2.24. The number of halogens is 1. The van der Waals surface area contributed by atoms with Gasteiger partial charge in [-0.3, -0.25) is 5.21 Å². The number of aromatic nitrogens is 1. The highest BCUT2D eigenvalue weighted by Gasteiger charge is 2.21. The van der Waals surface area contributed by atoms with Crippen molar-refractivity contribution in [1.29, 1.82) is 0 Å². The van der Waals surface area contributed by atoms with Gasteiger partial charge in [-0.1, -0.05) is 13.3 Å². The fourth-order valence-electron chi connectivity index (χ4n) is 2.87. The van der Waals surface area contributed by atoms with Crippen LogP contribution in [0, 0.1) is 5.82 Å². The van der Waals surface area contributed by atoms with Gasteiger partial charge in [-0.15, -0.1) is 0 Å². The maximum atomic E-state index is 14.4. The summed E-state index contributed by atoms with van der Waals surface area (Å²) in [5.41, 5.74) is 1.21. The average Bonchev–Trinajstić information content (AvgIpc) is 3.20. The molecule has 0 aliphatic rings. The highest BCUT2D eigenvalue weighted by Crippen LogP contribution is 2.37. The SMILES string of the molecule is CCCCN(O)C(=S)Sc1nc(-c2ccc(OC)c(F)c2)c(-c2ccc(S(N)(=O)=O)cc2)o1. The maximum absolute atomic E-state index is 14.4. The molecule has 0 aliphatic heterocycles. The first-order chi connectivity index (χ1) is 15.6. The number of hydrogen-bond acceptors (Lipinski definition) is 8. The number of unbranched alkanes of at least 4 members (excludes halogenated alkanes) is 1. The van der Waals surface area contributed by atoms with Crippen LogP contribution < -0.4 is 9.88 Å². The molecule has 8 nitrogen and oxygen atoms in total. The minimum atomic E-state index is -3.87. The first-order valence-electron chi connectivity index (χ1n) is 9.80. The summed E-state index contributed by atoms with van der Waals surface area (Å²) in [6.07, 6.45) is 1.63. The number of ether oxygens (including phenoxy) is 1. The van der Waals surface area contributed by atoms with Gasteiger partial charge in [0, 0.05) is 29.4 Å². The molecule has 0 atom stereocenters. The second-order valence-corrected chi connectivity index (χ2v) is 10.1. The van der Waals surface area contributed by atoms with Gasteiger partial charge in [0.05, 0.1) is 12.0 Å². The van der Waals surface area contributed by atoms with E-state index in [-0.39, 0.29) is 25.9 Å². The molecule has 3 aromatic rings. The first-order valence-corrected chi connectivity index (χ1v) is 12.6. The number of sulfonamides is 1. The Hall–Kier alpha value is -2.51. The Morgan fingerprint density at radius 2 is 1.94 bits per heavy atom. The number of oxazole rings is 1. The topological polar surface area (TPSA) is 119 Å². The predicted octanol–water partition coefficient (Wildman–Crippen LogP) is 4.67. The van der Waals surface area contributed by atoms with Gasteiger partial charge in [0.25, 0.3) is 5.22 Å². The van der Waals surface area contributed by atoms with Crippen LogP contribution in [0.15, 0.2) is 57.0 Å². The van der Waals surface area contributed by atoms with Crippen LogP contribution in [0.3, 0.4) is 0 Å². The maximum Gasteiger partial charge on any atom is 0.264 e. The zero-order valence-corrected chi connectivity index (χ0v) is 20.3. The summed E-state index contributed by atoms with van der Waals surface area (Å²) in [5, 5.41) is 16.3. The van der Waals surface area contributed by atoms with Crippen LogP contribution in [0.5, 0.6) is 5.75 Å². The highest BCUT2D eigenvalue weighted by molar-refractivity contribution is 8.22. The zero-order chi connectivity index (χ0) is 24.2. The highest BCUT2D eigenvalue weighted by atomic mass is 32.2. The molecule has 33 heavy (non-hydrogen) atoms. The Balaban J connectivity index is 2.03. The molecule has 0 unspecified atom stereocenters. The molecule has 176 valence electrons. The van der Waals surface area contributed by atoms with E-state index in [2.05, 4.69) is 4.98 Å². The number of primary sulfonamides is 1. The summed E-state index contributed by atoms with van der Waals surface area (Å²) >= 11 is 6.19. The summed E-state index contributed by atoms with van der Waals surface area (Å²) < 4.78 is 48.5. The Morgan fingerprint density at radius 3 is 2.52 bits per heavy atom. The van der Waals surface area contributed by atoms with E-state index in [1.807, 2.05) is 6.92 Å². The van der Waals surface area contributed by atoms with Crippen LogP contribution in [-0.4, -0.2) is 41.6 Å². The van der Waals surface area contributed by atoms with Crippen molar-refractivity contribution >= 4 is 38.3 Å². The van der Waals surface area contributed by atoms with Gasteiger partial charge in [0.1, 0.15) is 5.69 Å². The normalized spacial score (nSPS) is 11.4. The second-order valence-electron chi connectivity index (χ2n) is 6.92. The van der Waals surface area contributed by atoms with Crippen LogP contribution in [0.2, 0.25) is 0 Å². The van der Waals surface area contributed by atoms with Crippen molar-refractivity contribution in [1.82, 2.24) is 10.0 Å². The molecule has 2 aromatic carbocycles. The molecule has 1 heterocycles. The molecule has 0 fully saturated rings. The van der Waals surface area contributed by atoms with Gasteiger partial charge < -0.3 is 9.15 Å². The molecule has 12 heteroatoms. The standard InChI is InChI=1S/C21H22FN3O5S3/c1-3-4-11-25(26)21(31)32-20-24-18(14-7-10-17(29-2)16(22)12-14)19(30-20)13-5-8-15(9-6-13)33(23,27)28/h5-10,12,26H,3-4,11H2,1-2H3,(H2,23,27,28). The van der Waals surface area contributed by atoms with Crippen molar-refractivity contribution in [2.45, 2.75) is 29.9 Å². The fraction of sp³-hybridized carbons (Fsp3) is 0.238. The number of methoxy groups -OCH3 is 1. The number of benzene rings is 2. The summed E-state index contributed by atoms with van der Waals surface area (Å²) in [5.74, 6) is -0.243. The number of nitrogens with two attached hydrogens (primary N) is 1. The number of hydroxylamine groups is 2. The van der Waals surface area contributed by atoms with Crippen LogP contribution in [0.4, 0.5) is 4.39 Å². The van der Waals surface area contributed by atoms with E-state index >= 15 is 0 Å². The van der Waals surface area contributed by atoms with Gasteiger partial charge >= 0.3 is 0 Å². The molecule has 1 aromatic heterocycles. The Morgan fingerprint density at radius 1 is 1.27 bits per heavy atom. The average molecular weight is 512 g/mol. The van der Waals surface area contributed by atoms with E-state index in [9.17, 15) is 18.0 Å². The van der Waals surface area contributed by atoms with Crippen LogP contribution in [0.25, 0.3) is 22.6 Å². The van der Waals surface area contributed by atoms with E-state index in [0.29, 0.717) is 23.4 Å². The number of nitrogens with zero attached hydrogens (tertiary/aromatic N) is 2. The van der Waals surface area contributed by atoms with Crippen molar-refractivity contribution < 1.29 is 27.2 Å². The lowest BCUT2D eigenvalue weighted by Gasteiger charge is -2.14. The Labute approximate surface area is 200 Å². The summed E-state index contributed by atoms with van der Waals surface area (Å²) in [4.78, 5) is 4.38. The van der Waals surface area contributed by atoms with E-state index in [4.69, 9.17) is 26.5 Å². The number of thiocarbonyl (C=S) groups is 1. The monoisotopic (exact) mass is 511 g/mol. The Kier molecular flexibility index (Phi) is 8.08. The third-order valence-corrected chi connectivity index (χ3v) is 6.71. The zero-order valence-electron chi connectivity index (χ0n) is 17.8. The van der Waals surface area contributed by atoms with E-state index in [0.717, 1.165) is 29.7 Å². The minimum absolute atomic E-state index is 0.0644. The third kappa shape index (κ3) is 6.09. The summed E-state index contributed by atoms with van der Waals surface area (Å²) in [6, 6.07) is 10.0. The lowest BCUT2D eigenvalue weighted by atomic mass is 10.1.